The first-order valence-corrected chi connectivity index (χ1v) is 3.56. The molecule has 0 bridgehead atoms. The topological polar surface area (TPSA) is 54.4 Å². The highest BCUT2D eigenvalue weighted by molar-refractivity contribution is 5.96. The zero-order valence-corrected chi connectivity index (χ0v) is 7.00. The summed E-state index contributed by atoms with van der Waals surface area (Å²) in [7, 11) is 0. The molecule has 4 heteroatoms. The van der Waals surface area contributed by atoms with Gasteiger partial charge in [0.15, 0.2) is 0 Å². The van der Waals surface area contributed by atoms with Crippen LogP contribution in [0.15, 0.2) is 23.5 Å². The monoisotopic (exact) mass is 166 g/mol. The molecule has 0 atom stereocenters. The first-order valence-electron chi connectivity index (χ1n) is 3.56. The lowest BCUT2D eigenvalue weighted by Crippen LogP contribution is -1.99. The normalized spacial score (nSPS) is 11.3. The van der Waals surface area contributed by atoms with Crippen molar-refractivity contribution in [3.63, 3.8) is 0 Å². The van der Waals surface area contributed by atoms with E-state index in [0.717, 1.165) is 5.69 Å². The van der Waals surface area contributed by atoms with Crippen LogP contribution in [0.25, 0.3) is 0 Å². The summed E-state index contributed by atoms with van der Waals surface area (Å²) in [5.74, 6) is -0.416. The Bertz CT molecular complexity index is 288. The Morgan fingerprint density at radius 1 is 1.58 bits per heavy atom. The average Bonchev–Trinajstić information content (AvgIpc) is 2.51. The number of aromatic nitrogens is 1. The average molecular weight is 166 g/mol. The number of rotatable bonds is 2. The molecule has 0 saturated heterocycles. The van der Waals surface area contributed by atoms with Gasteiger partial charge in [0.05, 0.1) is 5.69 Å². The Morgan fingerprint density at radius 3 is 2.83 bits per heavy atom. The minimum absolute atomic E-state index is 0.416. The second-order valence-electron chi connectivity index (χ2n) is 2.34. The van der Waals surface area contributed by atoms with Gasteiger partial charge in [-0.2, -0.15) is 0 Å². The largest absolute Gasteiger partial charge is 0.360 e. The molecule has 1 heterocycles. The molecule has 64 valence electrons. The standard InChI is InChI=1S/C8H10N2O2/c1-6(10-12-7(2)11)8-4-3-5-9-8/h3-5,9H,1-2H3. The molecular formula is C8H10N2O2. The van der Waals surface area contributed by atoms with E-state index < -0.39 is 5.97 Å². The third-order valence-electron chi connectivity index (χ3n) is 1.30. The highest BCUT2D eigenvalue weighted by Crippen LogP contribution is 1.97. The highest BCUT2D eigenvalue weighted by atomic mass is 16.7. The van der Waals surface area contributed by atoms with Crippen LogP contribution >= 0.6 is 0 Å². The van der Waals surface area contributed by atoms with E-state index in [4.69, 9.17) is 0 Å². The van der Waals surface area contributed by atoms with E-state index in [1.807, 2.05) is 12.1 Å². The molecule has 1 aromatic rings. The van der Waals surface area contributed by atoms with Crippen LogP contribution in [0, 0.1) is 0 Å². The fraction of sp³-hybridized carbons (Fsp3) is 0.250. The van der Waals surface area contributed by atoms with Crippen molar-refractivity contribution in [3.8, 4) is 0 Å². The number of nitrogens with one attached hydrogen (secondary N) is 1. The lowest BCUT2D eigenvalue weighted by Gasteiger charge is -1.94. The number of aromatic amines is 1. The zero-order chi connectivity index (χ0) is 8.97. The molecule has 0 fully saturated rings. The molecule has 0 saturated carbocycles. The molecule has 1 N–H and O–H groups in total. The van der Waals surface area contributed by atoms with Crippen molar-refractivity contribution < 1.29 is 9.63 Å². The van der Waals surface area contributed by atoms with Crippen LogP contribution in [0.2, 0.25) is 0 Å². The maximum Gasteiger partial charge on any atom is 0.331 e. The van der Waals surface area contributed by atoms with Crippen LogP contribution in [0.4, 0.5) is 0 Å². The van der Waals surface area contributed by atoms with E-state index in [-0.39, 0.29) is 0 Å². The SMILES string of the molecule is CC(=O)ON=C(C)c1ccc[nH]1. The van der Waals surface area contributed by atoms with Gasteiger partial charge in [-0.1, -0.05) is 5.16 Å². The van der Waals surface area contributed by atoms with Gasteiger partial charge in [0.2, 0.25) is 0 Å². The molecule has 0 aliphatic heterocycles. The maximum absolute atomic E-state index is 10.4. The molecule has 0 radical (unpaired) electrons. The Kier molecular flexibility index (Phi) is 2.63. The second-order valence-corrected chi connectivity index (χ2v) is 2.34. The molecule has 0 aromatic carbocycles. The molecule has 0 amide bonds. The summed E-state index contributed by atoms with van der Waals surface area (Å²) in [6, 6.07) is 3.70. The molecule has 4 nitrogen and oxygen atoms in total. The summed E-state index contributed by atoms with van der Waals surface area (Å²) in [6.45, 7) is 3.07. The van der Waals surface area contributed by atoms with Crippen molar-refractivity contribution in [3.05, 3.63) is 24.0 Å². The van der Waals surface area contributed by atoms with Crippen LogP contribution in [0.5, 0.6) is 0 Å². The van der Waals surface area contributed by atoms with Gasteiger partial charge in [-0.3, -0.25) is 0 Å². The highest BCUT2D eigenvalue weighted by Gasteiger charge is 1.97. The fourth-order valence-electron chi connectivity index (χ4n) is 0.737. The number of oxime groups is 1. The number of carbonyl (C=O) groups excluding carboxylic acids is 1. The molecule has 0 spiro atoms. The zero-order valence-electron chi connectivity index (χ0n) is 7.00. The van der Waals surface area contributed by atoms with Crippen molar-refractivity contribution >= 4 is 11.7 Å². The lowest BCUT2D eigenvalue weighted by molar-refractivity contribution is -0.140. The maximum atomic E-state index is 10.4. The molecule has 0 aliphatic rings. The number of carbonyl (C=O) groups is 1. The summed E-state index contributed by atoms with van der Waals surface area (Å²) < 4.78 is 0. The third kappa shape index (κ3) is 2.23. The predicted octanol–water partition coefficient (Wildman–Crippen LogP) is 1.30. The van der Waals surface area contributed by atoms with Gasteiger partial charge in [0.1, 0.15) is 5.71 Å². The van der Waals surface area contributed by atoms with E-state index in [0.29, 0.717) is 5.71 Å². The lowest BCUT2D eigenvalue weighted by atomic mass is 10.3. The van der Waals surface area contributed by atoms with Gasteiger partial charge < -0.3 is 9.82 Å². The van der Waals surface area contributed by atoms with Crippen LogP contribution < -0.4 is 0 Å². The van der Waals surface area contributed by atoms with Crippen molar-refractivity contribution in [1.29, 1.82) is 0 Å². The number of nitrogens with zero attached hydrogens (tertiary/aromatic N) is 1. The predicted molar refractivity (Wildman–Crippen MR) is 44.8 cm³/mol. The molecule has 12 heavy (non-hydrogen) atoms. The Hall–Kier alpha value is -1.58. The number of hydrogen-bond acceptors (Lipinski definition) is 3. The van der Waals surface area contributed by atoms with E-state index in [2.05, 4.69) is 15.0 Å². The summed E-state index contributed by atoms with van der Waals surface area (Å²) >= 11 is 0. The molecule has 0 aliphatic carbocycles. The van der Waals surface area contributed by atoms with E-state index in [1.54, 1.807) is 13.1 Å². The minimum atomic E-state index is -0.416. The fourth-order valence-corrected chi connectivity index (χ4v) is 0.737. The Morgan fingerprint density at radius 2 is 2.33 bits per heavy atom. The first kappa shape index (κ1) is 8.52. The number of H-pyrrole nitrogens is 1. The first-order chi connectivity index (χ1) is 5.70. The van der Waals surface area contributed by atoms with Gasteiger partial charge in [0, 0.05) is 13.1 Å². The summed E-state index contributed by atoms with van der Waals surface area (Å²) in [6.07, 6.45) is 1.78. The van der Waals surface area contributed by atoms with Crippen molar-refractivity contribution in [2.24, 2.45) is 5.16 Å². The van der Waals surface area contributed by atoms with Gasteiger partial charge >= 0.3 is 5.97 Å². The molecule has 1 aromatic heterocycles. The van der Waals surface area contributed by atoms with Crippen LogP contribution in [0.3, 0.4) is 0 Å². The number of hydrogen-bond donors (Lipinski definition) is 1. The third-order valence-corrected chi connectivity index (χ3v) is 1.30. The van der Waals surface area contributed by atoms with Gasteiger partial charge in [0.25, 0.3) is 0 Å². The van der Waals surface area contributed by atoms with Crippen LogP contribution in [-0.2, 0) is 9.63 Å². The minimum Gasteiger partial charge on any atom is -0.360 e. The quantitative estimate of drug-likeness (QED) is 0.409. The van der Waals surface area contributed by atoms with E-state index >= 15 is 0 Å². The van der Waals surface area contributed by atoms with E-state index in [9.17, 15) is 4.79 Å². The molecular weight excluding hydrogens is 156 g/mol. The summed E-state index contributed by atoms with van der Waals surface area (Å²) in [5.41, 5.74) is 1.49. The smallest absolute Gasteiger partial charge is 0.331 e. The van der Waals surface area contributed by atoms with Gasteiger partial charge in [-0.25, -0.2) is 4.79 Å². The van der Waals surface area contributed by atoms with E-state index in [1.165, 1.54) is 6.92 Å². The Balaban J connectivity index is 2.65. The van der Waals surface area contributed by atoms with Crippen molar-refractivity contribution in [2.75, 3.05) is 0 Å². The van der Waals surface area contributed by atoms with Gasteiger partial charge in [-0.15, -0.1) is 0 Å². The van der Waals surface area contributed by atoms with Gasteiger partial charge in [-0.05, 0) is 19.1 Å². The van der Waals surface area contributed by atoms with Crippen LogP contribution in [0.1, 0.15) is 19.5 Å². The summed E-state index contributed by atoms with van der Waals surface area (Å²) in [5, 5.41) is 3.60. The molecule has 1 rings (SSSR count). The summed E-state index contributed by atoms with van der Waals surface area (Å²) in [4.78, 5) is 17.8. The van der Waals surface area contributed by atoms with Crippen LogP contribution in [-0.4, -0.2) is 16.7 Å². The molecule has 0 unspecified atom stereocenters. The second kappa shape index (κ2) is 3.71. The van der Waals surface area contributed by atoms with Crippen molar-refractivity contribution in [2.45, 2.75) is 13.8 Å². The Labute approximate surface area is 70.2 Å². The van der Waals surface area contributed by atoms with Crippen molar-refractivity contribution in [1.82, 2.24) is 4.98 Å².